The second-order valence-electron chi connectivity index (χ2n) is 4.68. The lowest BCUT2D eigenvalue weighted by Crippen LogP contribution is -2.25. The number of thioether (sulfide) groups is 1. The van der Waals surface area contributed by atoms with Crippen molar-refractivity contribution in [1.29, 1.82) is 0 Å². The molecule has 0 saturated carbocycles. The van der Waals surface area contributed by atoms with Gasteiger partial charge in [0.15, 0.2) is 0 Å². The molecular formula is C11H20OS. The van der Waals surface area contributed by atoms with E-state index in [1.54, 1.807) is 0 Å². The fourth-order valence-corrected chi connectivity index (χ4v) is 2.51. The van der Waals surface area contributed by atoms with Crippen molar-refractivity contribution in [1.82, 2.24) is 0 Å². The molecule has 0 fully saturated rings. The lowest BCUT2D eigenvalue weighted by molar-refractivity contribution is 0.138. The number of aliphatic hydroxyl groups is 1. The van der Waals surface area contributed by atoms with Gasteiger partial charge in [0.2, 0.25) is 0 Å². The minimum Gasteiger partial charge on any atom is -0.389 e. The van der Waals surface area contributed by atoms with Gasteiger partial charge in [-0.25, -0.2) is 0 Å². The SMILES string of the molecule is CSCCC1=CC(O)CC(C)(C)C1. The zero-order chi connectivity index (χ0) is 9.90. The van der Waals surface area contributed by atoms with Crippen LogP contribution in [-0.2, 0) is 0 Å². The minimum atomic E-state index is -0.208. The highest BCUT2D eigenvalue weighted by Gasteiger charge is 2.26. The Morgan fingerprint density at radius 1 is 1.62 bits per heavy atom. The van der Waals surface area contributed by atoms with Gasteiger partial charge in [0.05, 0.1) is 6.10 Å². The summed E-state index contributed by atoms with van der Waals surface area (Å²) in [6, 6.07) is 0. The van der Waals surface area contributed by atoms with E-state index in [1.165, 1.54) is 11.3 Å². The molecular weight excluding hydrogens is 180 g/mol. The highest BCUT2D eigenvalue weighted by molar-refractivity contribution is 7.98. The first kappa shape index (κ1) is 11.1. The third-order valence-corrected chi connectivity index (χ3v) is 3.14. The summed E-state index contributed by atoms with van der Waals surface area (Å²) in [4.78, 5) is 0. The lowest BCUT2D eigenvalue weighted by Gasteiger charge is -2.32. The van der Waals surface area contributed by atoms with Gasteiger partial charge in [0, 0.05) is 0 Å². The van der Waals surface area contributed by atoms with Crippen molar-refractivity contribution in [2.24, 2.45) is 5.41 Å². The van der Waals surface area contributed by atoms with Gasteiger partial charge in [-0.15, -0.1) is 0 Å². The number of aliphatic hydroxyl groups excluding tert-OH is 1. The predicted molar refractivity (Wildman–Crippen MR) is 60.1 cm³/mol. The Hall–Kier alpha value is 0.0500. The van der Waals surface area contributed by atoms with E-state index < -0.39 is 0 Å². The molecule has 0 bridgehead atoms. The summed E-state index contributed by atoms with van der Waals surface area (Å²) in [7, 11) is 0. The molecule has 76 valence electrons. The smallest absolute Gasteiger partial charge is 0.0728 e. The molecule has 1 unspecified atom stereocenters. The third-order valence-electron chi connectivity index (χ3n) is 2.52. The van der Waals surface area contributed by atoms with E-state index in [0.717, 1.165) is 19.3 Å². The molecule has 1 aliphatic rings. The van der Waals surface area contributed by atoms with Crippen LogP contribution in [0.4, 0.5) is 0 Å². The van der Waals surface area contributed by atoms with Crippen molar-refractivity contribution >= 4 is 11.8 Å². The van der Waals surface area contributed by atoms with Gasteiger partial charge in [0.25, 0.3) is 0 Å². The Bertz CT molecular complexity index is 196. The first-order chi connectivity index (χ1) is 6.03. The standard InChI is InChI=1S/C11H20OS/c1-11(2)7-9(4-5-13-3)6-10(12)8-11/h6,10,12H,4-5,7-8H2,1-3H3. The molecule has 2 heteroatoms. The summed E-state index contributed by atoms with van der Waals surface area (Å²) in [6.07, 6.45) is 7.19. The molecule has 0 amide bonds. The van der Waals surface area contributed by atoms with E-state index >= 15 is 0 Å². The fraction of sp³-hybridized carbons (Fsp3) is 0.818. The van der Waals surface area contributed by atoms with Gasteiger partial charge in [-0.2, -0.15) is 11.8 Å². The summed E-state index contributed by atoms with van der Waals surface area (Å²) in [5, 5.41) is 9.63. The Labute approximate surface area is 85.6 Å². The van der Waals surface area contributed by atoms with Crippen LogP contribution in [0.2, 0.25) is 0 Å². The van der Waals surface area contributed by atoms with Crippen LogP contribution in [0.15, 0.2) is 11.6 Å². The van der Waals surface area contributed by atoms with Gasteiger partial charge < -0.3 is 5.11 Å². The van der Waals surface area contributed by atoms with Crippen LogP contribution < -0.4 is 0 Å². The summed E-state index contributed by atoms with van der Waals surface area (Å²) in [5.41, 5.74) is 1.74. The molecule has 1 rings (SSSR count). The Morgan fingerprint density at radius 3 is 2.85 bits per heavy atom. The molecule has 1 aliphatic carbocycles. The van der Waals surface area contributed by atoms with Crippen molar-refractivity contribution in [3.05, 3.63) is 11.6 Å². The van der Waals surface area contributed by atoms with Crippen LogP contribution in [0.25, 0.3) is 0 Å². The third kappa shape index (κ3) is 3.74. The molecule has 1 nitrogen and oxygen atoms in total. The molecule has 0 radical (unpaired) electrons. The quantitative estimate of drug-likeness (QED) is 0.707. The Balaban J connectivity index is 2.53. The topological polar surface area (TPSA) is 20.2 Å². The number of allylic oxidation sites excluding steroid dienone is 1. The van der Waals surface area contributed by atoms with Crippen LogP contribution in [0.3, 0.4) is 0 Å². The van der Waals surface area contributed by atoms with E-state index in [0.29, 0.717) is 5.41 Å². The maximum absolute atomic E-state index is 9.63. The van der Waals surface area contributed by atoms with Gasteiger partial charge in [-0.05, 0) is 36.7 Å². The average molecular weight is 200 g/mol. The average Bonchev–Trinajstić information content (AvgIpc) is 1.97. The van der Waals surface area contributed by atoms with Gasteiger partial charge in [0.1, 0.15) is 0 Å². The second kappa shape index (κ2) is 4.52. The van der Waals surface area contributed by atoms with Crippen LogP contribution >= 0.6 is 11.8 Å². The van der Waals surface area contributed by atoms with E-state index in [9.17, 15) is 5.11 Å². The van der Waals surface area contributed by atoms with Crippen LogP contribution in [0.5, 0.6) is 0 Å². The van der Waals surface area contributed by atoms with Crippen molar-refractivity contribution in [3.63, 3.8) is 0 Å². The Kier molecular flexibility index (Phi) is 3.87. The highest BCUT2D eigenvalue weighted by Crippen LogP contribution is 2.36. The maximum Gasteiger partial charge on any atom is 0.0728 e. The number of rotatable bonds is 3. The fourth-order valence-electron chi connectivity index (χ4n) is 2.05. The van der Waals surface area contributed by atoms with E-state index in [4.69, 9.17) is 0 Å². The summed E-state index contributed by atoms with van der Waals surface area (Å²) in [6.45, 7) is 4.48. The molecule has 0 aromatic heterocycles. The molecule has 1 N–H and O–H groups in total. The second-order valence-corrected chi connectivity index (χ2v) is 5.67. The highest BCUT2D eigenvalue weighted by atomic mass is 32.2. The van der Waals surface area contributed by atoms with E-state index in [-0.39, 0.29) is 6.10 Å². The van der Waals surface area contributed by atoms with Gasteiger partial charge in [-0.1, -0.05) is 25.5 Å². The molecule has 0 aliphatic heterocycles. The zero-order valence-electron chi connectivity index (χ0n) is 8.84. The maximum atomic E-state index is 9.63. The molecule has 1 atom stereocenters. The number of hydrogen-bond acceptors (Lipinski definition) is 2. The molecule has 0 aromatic carbocycles. The number of hydrogen-bond donors (Lipinski definition) is 1. The van der Waals surface area contributed by atoms with Crippen molar-refractivity contribution in [2.45, 2.75) is 39.2 Å². The van der Waals surface area contributed by atoms with Gasteiger partial charge in [-0.3, -0.25) is 0 Å². The van der Waals surface area contributed by atoms with Crippen LogP contribution in [0, 0.1) is 5.41 Å². The zero-order valence-corrected chi connectivity index (χ0v) is 9.66. The summed E-state index contributed by atoms with van der Waals surface area (Å²) >= 11 is 1.87. The molecule has 0 heterocycles. The minimum absolute atomic E-state index is 0.208. The van der Waals surface area contributed by atoms with Crippen LogP contribution in [-0.4, -0.2) is 23.2 Å². The molecule has 13 heavy (non-hydrogen) atoms. The van der Waals surface area contributed by atoms with Gasteiger partial charge >= 0.3 is 0 Å². The first-order valence-electron chi connectivity index (χ1n) is 4.90. The van der Waals surface area contributed by atoms with Crippen molar-refractivity contribution in [3.8, 4) is 0 Å². The molecule has 0 aromatic rings. The summed E-state index contributed by atoms with van der Waals surface area (Å²) < 4.78 is 0. The monoisotopic (exact) mass is 200 g/mol. The van der Waals surface area contributed by atoms with Crippen molar-refractivity contribution in [2.75, 3.05) is 12.0 Å². The van der Waals surface area contributed by atoms with E-state index in [2.05, 4.69) is 26.2 Å². The lowest BCUT2D eigenvalue weighted by atomic mass is 9.75. The molecule has 0 saturated heterocycles. The Morgan fingerprint density at radius 2 is 2.31 bits per heavy atom. The first-order valence-corrected chi connectivity index (χ1v) is 6.29. The predicted octanol–water partition coefficient (Wildman–Crippen LogP) is 2.85. The van der Waals surface area contributed by atoms with Crippen molar-refractivity contribution < 1.29 is 5.11 Å². The van der Waals surface area contributed by atoms with Crippen LogP contribution in [0.1, 0.15) is 33.1 Å². The summed E-state index contributed by atoms with van der Waals surface area (Å²) in [5.74, 6) is 1.18. The molecule has 0 spiro atoms. The largest absolute Gasteiger partial charge is 0.389 e. The van der Waals surface area contributed by atoms with E-state index in [1.807, 2.05) is 11.8 Å². The normalized spacial score (nSPS) is 27.1.